The highest BCUT2D eigenvalue weighted by molar-refractivity contribution is 5.96. The maximum atomic E-state index is 12.5. The van der Waals surface area contributed by atoms with Crippen molar-refractivity contribution in [3.05, 3.63) is 58.4 Å². The molecule has 3 heterocycles. The van der Waals surface area contributed by atoms with Gasteiger partial charge in [0, 0.05) is 62.9 Å². The second kappa shape index (κ2) is 7.64. The molecular formula is C25H33N3O. The highest BCUT2D eigenvalue weighted by Gasteiger charge is 2.47. The lowest BCUT2D eigenvalue weighted by atomic mass is 9.86. The second-order valence-corrected chi connectivity index (χ2v) is 9.26. The molecule has 0 bridgehead atoms. The molecule has 154 valence electrons. The Labute approximate surface area is 174 Å². The molecule has 2 fully saturated rings. The van der Waals surface area contributed by atoms with Crippen molar-refractivity contribution in [1.82, 2.24) is 14.7 Å². The van der Waals surface area contributed by atoms with E-state index in [0.29, 0.717) is 18.4 Å². The summed E-state index contributed by atoms with van der Waals surface area (Å²) in [5.41, 5.74) is 6.86. The number of piperidine rings is 1. The smallest absolute Gasteiger partial charge is 0.162 e. The van der Waals surface area contributed by atoms with Gasteiger partial charge in [0.05, 0.1) is 5.70 Å². The molecule has 4 nitrogen and oxygen atoms in total. The third kappa shape index (κ3) is 3.42. The summed E-state index contributed by atoms with van der Waals surface area (Å²) in [4.78, 5) is 20.3. The van der Waals surface area contributed by atoms with Crippen molar-refractivity contribution in [3.8, 4) is 0 Å². The molecule has 0 N–H and O–H groups in total. The third-order valence-corrected chi connectivity index (χ3v) is 7.43. The Bertz CT molecular complexity index is 853. The minimum absolute atomic E-state index is 0.283. The topological polar surface area (TPSA) is 26.8 Å². The van der Waals surface area contributed by atoms with E-state index in [0.717, 1.165) is 25.1 Å². The van der Waals surface area contributed by atoms with Gasteiger partial charge < -0.3 is 14.7 Å². The van der Waals surface area contributed by atoms with E-state index in [-0.39, 0.29) is 5.78 Å². The Morgan fingerprint density at radius 2 is 1.97 bits per heavy atom. The van der Waals surface area contributed by atoms with Crippen molar-refractivity contribution in [2.45, 2.75) is 45.1 Å². The normalized spacial score (nSPS) is 26.3. The second-order valence-electron chi connectivity index (χ2n) is 9.26. The molecule has 2 unspecified atom stereocenters. The SMILES string of the molecule is Cc1ccc(C(=O)CCCN2CCC3C(C2)C2=CCCC4=C2N3CCN4C)cc1. The Morgan fingerprint density at radius 1 is 1.14 bits per heavy atom. The van der Waals surface area contributed by atoms with Gasteiger partial charge in [-0.05, 0) is 44.7 Å². The lowest BCUT2D eigenvalue weighted by molar-refractivity contribution is 0.0948. The molecule has 1 aromatic carbocycles. The number of nitrogens with zero attached hydrogens (tertiary/aromatic N) is 3. The molecule has 4 heteroatoms. The first kappa shape index (κ1) is 18.9. The van der Waals surface area contributed by atoms with Crippen molar-refractivity contribution in [1.29, 1.82) is 0 Å². The van der Waals surface area contributed by atoms with Gasteiger partial charge in [-0.25, -0.2) is 0 Å². The van der Waals surface area contributed by atoms with Crippen LogP contribution in [0.5, 0.6) is 0 Å². The summed E-state index contributed by atoms with van der Waals surface area (Å²) in [6.07, 6.45) is 7.80. The van der Waals surface area contributed by atoms with Crippen LogP contribution in [0.1, 0.15) is 48.0 Å². The van der Waals surface area contributed by atoms with Crippen LogP contribution >= 0.6 is 0 Å². The van der Waals surface area contributed by atoms with Gasteiger partial charge in [-0.2, -0.15) is 0 Å². The van der Waals surface area contributed by atoms with E-state index in [1.165, 1.54) is 44.5 Å². The number of carbonyl (C=O) groups is 1. The maximum Gasteiger partial charge on any atom is 0.162 e. The number of hydrogen-bond donors (Lipinski definition) is 0. The van der Waals surface area contributed by atoms with Crippen LogP contribution in [-0.2, 0) is 0 Å². The number of likely N-dealkylation sites (N-methyl/N-ethyl adjacent to an activating group) is 1. The fourth-order valence-electron chi connectivity index (χ4n) is 5.85. The summed E-state index contributed by atoms with van der Waals surface area (Å²) in [7, 11) is 2.27. The Kier molecular flexibility index (Phi) is 4.99. The molecule has 2 saturated heterocycles. The fourth-order valence-corrected chi connectivity index (χ4v) is 5.85. The van der Waals surface area contributed by atoms with Gasteiger partial charge in [-0.15, -0.1) is 0 Å². The molecule has 29 heavy (non-hydrogen) atoms. The number of Topliss-reactive ketones (excluding diaryl/α,β-unsaturated/α-hetero) is 1. The third-order valence-electron chi connectivity index (χ3n) is 7.43. The van der Waals surface area contributed by atoms with E-state index in [4.69, 9.17) is 0 Å². The number of hydrogen-bond acceptors (Lipinski definition) is 4. The molecule has 0 aromatic heterocycles. The molecular weight excluding hydrogens is 358 g/mol. The fraction of sp³-hybridized carbons (Fsp3) is 0.560. The standard InChI is InChI=1S/C25H33N3O/c1-18-8-10-19(11-9-18)24(29)7-4-13-27-14-12-22-21(17-27)20-5-3-6-23-25(20)28(22)16-15-26(23)2/h5,8-11,21-22H,3-4,6-7,12-17H2,1-2H3. The highest BCUT2D eigenvalue weighted by Crippen LogP contribution is 2.47. The summed E-state index contributed by atoms with van der Waals surface area (Å²) in [6.45, 7) is 7.78. The molecule has 0 spiro atoms. The van der Waals surface area contributed by atoms with Crippen molar-refractivity contribution >= 4 is 5.78 Å². The van der Waals surface area contributed by atoms with E-state index in [2.05, 4.69) is 34.7 Å². The lowest BCUT2D eigenvalue weighted by Crippen LogP contribution is -2.48. The van der Waals surface area contributed by atoms with Crippen molar-refractivity contribution < 1.29 is 4.79 Å². The minimum Gasteiger partial charge on any atom is -0.374 e. The first-order chi connectivity index (χ1) is 14.1. The quantitative estimate of drug-likeness (QED) is 0.713. The zero-order valence-electron chi connectivity index (χ0n) is 17.9. The summed E-state index contributed by atoms with van der Waals surface area (Å²) < 4.78 is 0. The summed E-state index contributed by atoms with van der Waals surface area (Å²) in [6, 6.07) is 8.70. The molecule has 0 amide bonds. The summed E-state index contributed by atoms with van der Waals surface area (Å²) >= 11 is 0. The van der Waals surface area contributed by atoms with Gasteiger partial charge in [0.1, 0.15) is 0 Å². The van der Waals surface area contributed by atoms with Gasteiger partial charge in [-0.1, -0.05) is 35.9 Å². The molecule has 5 rings (SSSR count). The van der Waals surface area contributed by atoms with Crippen LogP contribution in [0.4, 0.5) is 0 Å². The van der Waals surface area contributed by atoms with Crippen LogP contribution in [0.15, 0.2) is 47.3 Å². The molecule has 1 aromatic rings. The predicted octanol–water partition coefficient (Wildman–Crippen LogP) is 3.84. The van der Waals surface area contributed by atoms with Crippen LogP contribution in [-0.4, -0.2) is 66.3 Å². The van der Waals surface area contributed by atoms with E-state index < -0.39 is 0 Å². The number of likely N-dealkylation sites (tertiary alicyclic amines) is 1. The summed E-state index contributed by atoms with van der Waals surface area (Å²) in [5, 5.41) is 0. The first-order valence-electron chi connectivity index (χ1n) is 11.4. The highest BCUT2D eigenvalue weighted by atomic mass is 16.1. The van der Waals surface area contributed by atoms with Gasteiger partial charge in [0.25, 0.3) is 0 Å². The van der Waals surface area contributed by atoms with Crippen molar-refractivity contribution in [2.75, 3.05) is 39.8 Å². The van der Waals surface area contributed by atoms with Crippen molar-refractivity contribution in [3.63, 3.8) is 0 Å². The maximum absolute atomic E-state index is 12.5. The van der Waals surface area contributed by atoms with E-state index in [1.807, 2.05) is 24.3 Å². The van der Waals surface area contributed by atoms with Crippen molar-refractivity contribution in [2.24, 2.45) is 5.92 Å². The number of benzene rings is 1. The van der Waals surface area contributed by atoms with Crippen LogP contribution in [0.2, 0.25) is 0 Å². The number of allylic oxidation sites excluding steroid dienone is 3. The summed E-state index contributed by atoms with van der Waals surface area (Å²) in [5.74, 6) is 0.944. The Balaban J connectivity index is 1.20. The largest absolute Gasteiger partial charge is 0.374 e. The molecule has 0 radical (unpaired) electrons. The average Bonchev–Trinajstić information content (AvgIpc) is 3.06. The predicted molar refractivity (Wildman–Crippen MR) is 117 cm³/mol. The molecule has 2 atom stereocenters. The number of rotatable bonds is 5. The molecule has 1 aliphatic carbocycles. The van der Waals surface area contributed by atoms with Crippen LogP contribution in [0.25, 0.3) is 0 Å². The van der Waals surface area contributed by atoms with E-state index in [1.54, 1.807) is 17.0 Å². The van der Waals surface area contributed by atoms with E-state index in [9.17, 15) is 4.79 Å². The Morgan fingerprint density at radius 3 is 2.79 bits per heavy atom. The number of fused-ring (bicyclic) bond motifs is 3. The van der Waals surface area contributed by atoms with Gasteiger partial charge in [0.15, 0.2) is 5.78 Å². The minimum atomic E-state index is 0.283. The van der Waals surface area contributed by atoms with Crippen LogP contribution < -0.4 is 0 Å². The van der Waals surface area contributed by atoms with Crippen LogP contribution in [0.3, 0.4) is 0 Å². The van der Waals surface area contributed by atoms with Gasteiger partial charge in [0.2, 0.25) is 0 Å². The molecule has 3 aliphatic heterocycles. The molecule has 0 saturated carbocycles. The van der Waals surface area contributed by atoms with Crippen LogP contribution in [0, 0.1) is 12.8 Å². The number of aryl methyl sites for hydroxylation is 1. The number of carbonyl (C=O) groups excluding carboxylic acids is 1. The monoisotopic (exact) mass is 391 g/mol. The average molecular weight is 392 g/mol. The zero-order valence-corrected chi connectivity index (χ0v) is 17.9. The van der Waals surface area contributed by atoms with E-state index >= 15 is 0 Å². The Hall–Kier alpha value is -2.07. The van der Waals surface area contributed by atoms with Gasteiger partial charge in [-0.3, -0.25) is 4.79 Å². The number of ketones is 1. The first-order valence-corrected chi connectivity index (χ1v) is 11.4. The molecule has 4 aliphatic rings. The zero-order chi connectivity index (χ0) is 20.0. The lowest BCUT2D eigenvalue weighted by Gasteiger charge is -2.41. The van der Waals surface area contributed by atoms with Gasteiger partial charge >= 0.3 is 0 Å².